The van der Waals surface area contributed by atoms with E-state index in [0.717, 1.165) is 0 Å². The number of nitrogens with zero attached hydrogens (tertiary/aromatic N) is 2. The van der Waals surface area contributed by atoms with Gasteiger partial charge in [0.1, 0.15) is 5.82 Å². The maximum absolute atomic E-state index is 13.6. The molecular formula is C14H15FN2O2. The Morgan fingerprint density at radius 2 is 1.95 bits per heavy atom. The van der Waals surface area contributed by atoms with Crippen LogP contribution in [0.3, 0.4) is 0 Å². The average Bonchev–Trinajstić information content (AvgIpc) is 2.37. The van der Waals surface area contributed by atoms with Crippen LogP contribution >= 0.6 is 0 Å². The SMILES string of the molecule is CC1C(C(=O)O)=NN=C(Cc2ccccc2F)[C@H]1C. The molecule has 2 atom stereocenters. The molecular weight excluding hydrogens is 247 g/mol. The summed E-state index contributed by atoms with van der Waals surface area (Å²) in [7, 11) is 0. The summed E-state index contributed by atoms with van der Waals surface area (Å²) in [5.41, 5.74) is 1.32. The smallest absolute Gasteiger partial charge is 0.352 e. The van der Waals surface area contributed by atoms with Crippen molar-refractivity contribution in [3.05, 3.63) is 35.6 Å². The number of hydrogen-bond acceptors (Lipinski definition) is 3. The van der Waals surface area contributed by atoms with E-state index < -0.39 is 5.97 Å². The number of carboxylic acid groups (broad SMARTS) is 1. The molecule has 0 spiro atoms. The van der Waals surface area contributed by atoms with E-state index in [1.54, 1.807) is 25.1 Å². The second-order valence-corrected chi connectivity index (χ2v) is 4.73. The molecule has 0 saturated heterocycles. The molecule has 4 nitrogen and oxygen atoms in total. The normalized spacial score (nSPS) is 22.7. The molecule has 0 amide bonds. The van der Waals surface area contributed by atoms with Gasteiger partial charge in [-0.15, -0.1) is 5.10 Å². The van der Waals surface area contributed by atoms with Crippen molar-refractivity contribution in [3.63, 3.8) is 0 Å². The molecule has 1 N–H and O–H groups in total. The zero-order valence-corrected chi connectivity index (χ0v) is 10.8. The largest absolute Gasteiger partial charge is 0.477 e. The van der Waals surface area contributed by atoms with Gasteiger partial charge in [-0.3, -0.25) is 0 Å². The summed E-state index contributed by atoms with van der Waals surface area (Å²) in [5.74, 6) is -1.62. The fraction of sp³-hybridized carbons (Fsp3) is 0.357. The van der Waals surface area contributed by atoms with Gasteiger partial charge in [0.2, 0.25) is 0 Å². The molecule has 19 heavy (non-hydrogen) atoms. The number of aliphatic carboxylic acids is 1. The van der Waals surface area contributed by atoms with Crippen LogP contribution in [0.25, 0.3) is 0 Å². The number of carboxylic acids is 1. The van der Waals surface area contributed by atoms with E-state index in [0.29, 0.717) is 17.7 Å². The minimum absolute atomic E-state index is 0.0600. The van der Waals surface area contributed by atoms with Gasteiger partial charge in [0, 0.05) is 24.0 Å². The molecule has 2 rings (SSSR count). The standard InChI is InChI=1S/C14H15FN2O2/c1-8-9(2)13(14(18)19)17-16-12(8)7-10-5-3-4-6-11(10)15/h3-6,8-9H,7H2,1-2H3,(H,18,19)/t8-,9?/m0/s1. The molecule has 0 aliphatic carbocycles. The lowest BCUT2D eigenvalue weighted by molar-refractivity contribution is -0.129. The van der Waals surface area contributed by atoms with Crippen LogP contribution < -0.4 is 0 Å². The van der Waals surface area contributed by atoms with E-state index in [2.05, 4.69) is 10.2 Å². The van der Waals surface area contributed by atoms with E-state index in [4.69, 9.17) is 5.11 Å². The van der Waals surface area contributed by atoms with Gasteiger partial charge < -0.3 is 5.11 Å². The lowest BCUT2D eigenvalue weighted by Gasteiger charge is -2.24. The van der Waals surface area contributed by atoms with Crippen molar-refractivity contribution in [2.24, 2.45) is 22.0 Å². The monoisotopic (exact) mass is 262 g/mol. The quantitative estimate of drug-likeness (QED) is 0.909. The van der Waals surface area contributed by atoms with Crippen LogP contribution in [0.4, 0.5) is 4.39 Å². The third-order valence-corrected chi connectivity index (χ3v) is 3.54. The molecule has 1 aliphatic rings. The highest BCUT2D eigenvalue weighted by molar-refractivity contribution is 6.37. The van der Waals surface area contributed by atoms with E-state index in [9.17, 15) is 9.18 Å². The summed E-state index contributed by atoms with van der Waals surface area (Å²) < 4.78 is 13.6. The van der Waals surface area contributed by atoms with Crippen molar-refractivity contribution in [2.45, 2.75) is 20.3 Å². The van der Waals surface area contributed by atoms with Crippen LogP contribution in [0.2, 0.25) is 0 Å². The van der Waals surface area contributed by atoms with Gasteiger partial charge in [0.25, 0.3) is 0 Å². The first-order valence-electron chi connectivity index (χ1n) is 6.11. The van der Waals surface area contributed by atoms with Gasteiger partial charge in [0.15, 0.2) is 5.71 Å². The highest BCUT2D eigenvalue weighted by Crippen LogP contribution is 2.23. The molecule has 100 valence electrons. The van der Waals surface area contributed by atoms with E-state index in [-0.39, 0.29) is 23.4 Å². The lowest BCUT2D eigenvalue weighted by Crippen LogP contribution is -2.34. The fourth-order valence-electron chi connectivity index (χ4n) is 2.10. The summed E-state index contributed by atoms with van der Waals surface area (Å²) >= 11 is 0. The van der Waals surface area contributed by atoms with Crippen molar-refractivity contribution in [1.29, 1.82) is 0 Å². The average molecular weight is 262 g/mol. The summed E-state index contributed by atoms with van der Waals surface area (Å²) in [6.07, 6.45) is 0.356. The van der Waals surface area contributed by atoms with Crippen molar-refractivity contribution in [2.75, 3.05) is 0 Å². The minimum Gasteiger partial charge on any atom is -0.477 e. The van der Waals surface area contributed by atoms with Gasteiger partial charge in [-0.05, 0) is 11.6 Å². The van der Waals surface area contributed by atoms with Crippen LogP contribution in [-0.4, -0.2) is 22.5 Å². The topological polar surface area (TPSA) is 62.0 Å². The van der Waals surface area contributed by atoms with Crippen LogP contribution in [0.15, 0.2) is 34.5 Å². The Balaban J connectivity index is 2.27. The Kier molecular flexibility index (Phi) is 3.74. The lowest BCUT2D eigenvalue weighted by atomic mass is 9.84. The molecule has 1 unspecified atom stereocenters. The molecule has 5 heteroatoms. The third kappa shape index (κ3) is 2.70. The molecule has 0 bridgehead atoms. The second kappa shape index (κ2) is 5.30. The zero-order valence-electron chi connectivity index (χ0n) is 10.8. The van der Waals surface area contributed by atoms with Crippen LogP contribution in [0, 0.1) is 17.7 Å². The Bertz CT molecular complexity index is 566. The Morgan fingerprint density at radius 3 is 2.58 bits per heavy atom. The molecule has 0 radical (unpaired) electrons. The van der Waals surface area contributed by atoms with Gasteiger partial charge in [-0.2, -0.15) is 5.10 Å². The minimum atomic E-state index is -1.05. The summed E-state index contributed by atoms with van der Waals surface area (Å²) in [5, 5.41) is 16.7. The van der Waals surface area contributed by atoms with Crippen molar-refractivity contribution >= 4 is 17.4 Å². The molecule has 0 aromatic heterocycles. The summed E-state index contributed by atoms with van der Waals surface area (Å²) in [4.78, 5) is 11.0. The maximum Gasteiger partial charge on any atom is 0.352 e. The summed E-state index contributed by atoms with van der Waals surface area (Å²) in [6.45, 7) is 3.69. The van der Waals surface area contributed by atoms with Crippen LogP contribution in [0.5, 0.6) is 0 Å². The number of rotatable bonds is 3. The second-order valence-electron chi connectivity index (χ2n) is 4.73. The van der Waals surface area contributed by atoms with Gasteiger partial charge in [0.05, 0.1) is 0 Å². The Labute approximate surface area is 110 Å². The first-order chi connectivity index (χ1) is 9.00. The maximum atomic E-state index is 13.6. The third-order valence-electron chi connectivity index (χ3n) is 3.54. The Hall–Kier alpha value is -2.04. The van der Waals surface area contributed by atoms with Gasteiger partial charge >= 0.3 is 5.97 Å². The van der Waals surface area contributed by atoms with Crippen LogP contribution in [0.1, 0.15) is 19.4 Å². The molecule has 0 fully saturated rings. The van der Waals surface area contributed by atoms with E-state index >= 15 is 0 Å². The predicted octanol–water partition coefficient (Wildman–Crippen LogP) is 2.54. The number of carbonyl (C=O) groups is 1. The van der Waals surface area contributed by atoms with Gasteiger partial charge in [-0.1, -0.05) is 32.0 Å². The molecule has 1 aromatic carbocycles. The molecule has 0 saturated carbocycles. The number of benzene rings is 1. The molecule has 1 heterocycles. The van der Waals surface area contributed by atoms with Crippen molar-refractivity contribution in [1.82, 2.24) is 0 Å². The predicted molar refractivity (Wildman–Crippen MR) is 70.9 cm³/mol. The highest BCUT2D eigenvalue weighted by atomic mass is 19.1. The van der Waals surface area contributed by atoms with Crippen LogP contribution in [-0.2, 0) is 11.2 Å². The first kappa shape index (κ1) is 13.4. The number of hydrogen-bond donors (Lipinski definition) is 1. The number of halogens is 1. The molecule has 1 aromatic rings. The molecule has 1 aliphatic heterocycles. The van der Waals surface area contributed by atoms with E-state index in [1.807, 2.05) is 6.92 Å². The van der Waals surface area contributed by atoms with Crippen molar-refractivity contribution in [3.8, 4) is 0 Å². The fourth-order valence-corrected chi connectivity index (χ4v) is 2.10. The van der Waals surface area contributed by atoms with Crippen molar-refractivity contribution < 1.29 is 14.3 Å². The Morgan fingerprint density at radius 1 is 1.26 bits per heavy atom. The van der Waals surface area contributed by atoms with E-state index in [1.165, 1.54) is 6.07 Å². The zero-order chi connectivity index (χ0) is 14.0. The first-order valence-corrected chi connectivity index (χ1v) is 6.11. The highest BCUT2D eigenvalue weighted by Gasteiger charge is 2.30. The van der Waals surface area contributed by atoms with Gasteiger partial charge in [-0.25, -0.2) is 9.18 Å². The summed E-state index contributed by atoms with van der Waals surface area (Å²) in [6, 6.07) is 6.50.